The van der Waals surface area contributed by atoms with Crippen LogP contribution in [0.2, 0.25) is 0 Å². The molecule has 4 aliphatic rings. The van der Waals surface area contributed by atoms with Gasteiger partial charge in [0.05, 0.1) is 5.60 Å². The van der Waals surface area contributed by atoms with Crippen LogP contribution in [-0.2, 0) is 9.53 Å². The molecule has 0 radical (unpaired) electrons. The number of halogens is 1. The fraction of sp³-hybridized carbons (Fsp3) is 0.917. The summed E-state index contributed by atoms with van der Waals surface area (Å²) in [6.07, 6.45) is 4.80. The van der Waals surface area contributed by atoms with Crippen LogP contribution in [0.15, 0.2) is 0 Å². The third kappa shape index (κ3) is 1.65. The van der Waals surface area contributed by atoms with Gasteiger partial charge in [0.1, 0.15) is 12.0 Å². The highest BCUT2D eigenvalue weighted by Crippen LogP contribution is 2.56. The predicted octanol–water partition coefficient (Wildman–Crippen LogP) is 1.71. The smallest absolute Gasteiger partial charge is 0.321 e. The van der Waals surface area contributed by atoms with Crippen molar-refractivity contribution in [1.29, 1.82) is 0 Å². The van der Waals surface area contributed by atoms with E-state index in [-0.39, 0.29) is 18.0 Å². The van der Waals surface area contributed by atoms with Crippen molar-refractivity contribution >= 4 is 17.6 Å². The number of hydrogen-bond acceptors (Lipinski definition) is 3. The summed E-state index contributed by atoms with van der Waals surface area (Å²) < 4.78 is 5.44. The van der Waals surface area contributed by atoms with Gasteiger partial charge in [-0.15, -0.1) is 11.6 Å². The SMILES string of the molecule is O=C(CCl)OC1C2CC3CC1CC(O)(C3)C2. The maximum atomic E-state index is 11.3. The molecule has 0 spiro atoms. The summed E-state index contributed by atoms with van der Waals surface area (Å²) in [5.74, 6) is 0.996. The molecule has 0 amide bonds. The van der Waals surface area contributed by atoms with E-state index in [4.69, 9.17) is 16.3 Å². The average Bonchev–Trinajstić information content (AvgIpc) is 2.20. The summed E-state index contributed by atoms with van der Waals surface area (Å²) in [5, 5.41) is 10.3. The molecule has 4 fully saturated rings. The van der Waals surface area contributed by atoms with Crippen molar-refractivity contribution in [3.8, 4) is 0 Å². The molecule has 3 nitrogen and oxygen atoms in total. The van der Waals surface area contributed by atoms with Gasteiger partial charge in [-0.25, -0.2) is 0 Å². The molecule has 1 N–H and O–H groups in total. The van der Waals surface area contributed by atoms with E-state index in [9.17, 15) is 9.90 Å². The first-order chi connectivity index (χ1) is 7.59. The number of ether oxygens (including phenoxy) is 1. The molecule has 2 unspecified atom stereocenters. The lowest BCUT2D eigenvalue weighted by Crippen LogP contribution is -2.57. The van der Waals surface area contributed by atoms with Gasteiger partial charge < -0.3 is 9.84 Å². The fourth-order valence-electron chi connectivity index (χ4n) is 4.31. The van der Waals surface area contributed by atoms with Crippen LogP contribution < -0.4 is 0 Å². The topological polar surface area (TPSA) is 46.5 Å². The zero-order valence-corrected chi connectivity index (χ0v) is 9.95. The second kappa shape index (κ2) is 3.61. The Morgan fingerprint density at radius 2 is 1.94 bits per heavy atom. The van der Waals surface area contributed by atoms with Crippen LogP contribution in [0.4, 0.5) is 0 Å². The molecule has 2 atom stereocenters. The highest BCUT2D eigenvalue weighted by molar-refractivity contribution is 6.26. The van der Waals surface area contributed by atoms with E-state index in [1.807, 2.05) is 0 Å². The Morgan fingerprint density at radius 3 is 2.44 bits per heavy atom. The summed E-state index contributed by atoms with van der Waals surface area (Å²) in [6, 6.07) is 0. The number of carbonyl (C=O) groups is 1. The molecule has 0 saturated heterocycles. The largest absolute Gasteiger partial charge is 0.461 e. The predicted molar refractivity (Wildman–Crippen MR) is 59.1 cm³/mol. The van der Waals surface area contributed by atoms with Crippen LogP contribution in [0.1, 0.15) is 32.1 Å². The third-order valence-corrected chi connectivity index (χ3v) is 4.75. The first-order valence-electron chi connectivity index (χ1n) is 6.07. The molecular weight excluding hydrogens is 228 g/mol. The van der Waals surface area contributed by atoms with E-state index < -0.39 is 5.60 Å². The number of esters is 1. The van der Waals surface area contributed by atoms with Crippen LogP contribution in [0.5, 0.6) is 0 Å². The summed E-state index contributed by atoms with van der Waals surface area (Å²) in [6.45, 7) is 0. The normalized spacial score (nSPS) is 49.4. The molecule has 90 valence electrons. The Balaban J connectivity index is 1.76. The van der Waals surface area contributed by atoms with Gasteiger partial charge in [0.25, 0.3) is 0 Å². The van der Waals surface area contributed by atoms with Gasteiger partial charge in [0.15, 0.2) is 0 Å². The van der Waals surface area contributed by atoms with Crippen molar-refractivity contribution < 1.29 is 14.6 Å². The van der Waals surface area contributed by atoms with Crippen LogP contribution in [0, 0.1) is 17.8 Å². The van der Waals surface area contributed by atoms with Gasteiger partial charge >= 0.3 is 5.97 Å². The number of hydrogen-bond donors (Lipinski definition) is 1. The van der Waals surface area contributed by atoms with Gasteiger partial charge in [-0.05, 0) is 49.9 Å². The average molecular weight is 245 g/mol. The van der Waals surface area contributed by atoms with E-state index in [0.29, 0.717) is 17.8 Å². The van der Waals surface area contributed by atoms with Crippen molar-refractivity contribution in [3.05, 3.63) is 0 Å². The van der Waals surface area contributed by atoms with Gasteiger partial charge in [-0.3, -0.25) is 4.79 Å². The van der Waals surface area contributed by atoms with Crippen molar-refractivity contribution in [1.82, 2.24) is 0 Å². The summed E-state index contributed by atoms with van der Waals surface area (Å²) >= 11 is 5.47. The van der Waals surface area contributed by atoms with Gasteiger partial charge in [0, 0.05) is 0 Å². The van der Waals surface area contributed by atoms with E-state index in [1.165, 1.54) is 0 Å². The van der Waals surface area contributed by atoms with Crippen molar-refractivity contribution in [2.24, 2.45) is 17.8 Å². The molecule has 0 aromatic rings. The molecule has 4 bridgehead atoms. The second-order valence-corrected chi connectivity index (χ2v) is 6.05. The number of alkyl halides is 1. The summed E-state index contributed by atoms with van der Waals surface area (Å²) in [4.78, 5) is 11.3. The first kappa shape index (κ1) is 10.8. The van der Waals surface area contributed by atoms with Crippen LogP contribution in [0.3, 0.4) is 0 Å². The van der Waals surface area contributed by atoms with E-state index in [1.54, 1.807) is 0 Å². The molecule has 4 heteroatoms. The second-order valence-electron chi connectivity index (χ2n) is 5.78. The minimum atomic E-state index is -0.458. The molecule has 4 rings (SSSR count). The highest BCUT2D eigenvalue weighted by atomic mass is 35.5. The Morgan fingerprint density at radius 1 is 1.31 bits per heavy atom. The fourth-order valence-corrected chi connectivity index (χ4v) is 4.37. The molecule has 0 aliphatic heterocycles. The van der Waals surface area contributed by atoms with Crippen LogP contribution in [0.25, 0.3) is 0 Å². The van der Waals surface area contributed by atoms with Crippen molar-refractivity contribution in [3.63, 3.8) is 0 Å². The van der Waals surface area contributed by atoms with Gasteiger partial charge in [-0.1, -0.05) is 0 Å². The molecule has 16 heavy (non-hydrogen) atoms. The molecule has 4 aliphatic carbocycles. The third-order valence-electron chi connectivity index (χ3n) is 4.53. The zero-order chi connectivity index (χ0) is 11.3. The Kier molecular flexibility index (Phi) is 2.44. The van der Waals surface area contributed by atoms with Crippen LogP contribution in [-0.4, -0.2) is 28.7 Å². The van der Waals surface area contributed by atoms with Gasteiger partial charge in [0.2, 0.25) is 0 Å². The number of carbonyl (C=O) groups excluding carboxylic acids is 1. The Labute approximate surface area is 100 Å². The molecule has 0 aromatic heterocycles. The standard InChI is InChI=1S/C12H17ClO3/c13-6-10(14)16-11-8-1-7-2-9(11)5-12(15,3-7)4-8/h7-9,11,15H,1-6H2. The molecule has 0 heterocycles. The minimum Gasteiger partial charge on any atom is -0.461 e. The monoisotopic (exact) mass is 244 g/mol. The highest BCUT2D eigenvalue weighted by Gasteiger charge is 2.55. The zero-order valence-electron chi connectivity index (χ0n) is 9.19. The molecule has 4 saturated carbocycles. The Bertz CT molecular complexity index is 301. The lowest BCUT2D eigenvalue weighted by molar-refractivity contribution is -0.196. The van der Waals surface area contributed by atoms with E-state index >= 15 is 0 Å². The molecular formula is C12H17ClO3. The Hall–Kier alpha value is -0.280. The lowest BCUT2D eigenvalue weighted by Gasteiger charge is -2.57. The number of aliphatic hydroxyl groups is 1. The maximum absolute atomic E-state index is 11.3. The number of rotatable bonds is 2. The van der Waals surface area contributed by atoms with Gasteiger partial charge in [-0.2, -0.15) is 0 Å². The van der Waals surface area contributed by atoms with Crippen LogP contribution >= 0.6 is 11.6 Å². The minimum absolute atomic E-state index is 0.0167. The lowest BCUT2D eigenvalue weighted by atomic mass is 9.53. The maximum Gasteiger partial charge on any atom is 0.321 e. The van der Waals surface area contributed by atoms with Crippen molar-refractivity contribution in [2.75, 3.05) is 5.88 Å². The quantitative estimate of drug-likeness (QED) is 0.594. The summed E-state index contributed by atoms with van der Waals surface area (Å²) in [7, 11) is 0. The van der Waals surface area contributed by atoms with E-state index in [0.717, 1.165) is 32.1 Å². The molecule has 0 aromatic carbocycles. The first-order valence-corrected chi connectivity index (χ1v) is 6.61. The van der Waals surface area contributed by atoms with Crippen molar-refractivity contribution in [2.45, 2.75) is 43.8 Å². The van der Waals surface area contributed by atoms with E-state index in [2.05, 4.69) is 0 Å². The summed E-state index contributed by atoms with van der Waals surface area (Å²) in [5.41, 5.74) is -0.458.